The zero-order chi connectivity index (χ0) is 12.0. The maximum Gasteiger partial charge on any atom is 0.338 e. The predicted molar refractivity (Wildman–Crippen MR) is 57.2 cm³/mol. The van der Waals surface area contributed by atoms with Gasteiger partial charge in [0.25, 0.3) is 0 Å². The molecular weight excluding hydrogens is 208 g/mol. The Morgan fingerprint density at radius 2 is 1.75 bits per heavy atom. The van der Waals surface area contributed by atoms with Crippen LogP contribution in [0.15, 0.2) is 18.2 Å². The fraction of sp³-hybridized carbons (Fsp3) is 0.333. The molecule has 0 saturated heterocycles. The van der Waals surface area contributed by atoms with E-state index in [9.17, 15) is 9.59 Å². The van der Waals surface area contributed by atoms with Crippen LogP contribution in [0.3, 0.4) is 0 Å². The topological polar surface area (TPSA) is 52.6 Å². The molecule has 85 valence electrons. The number of benzene rings is 1. The lowest BCUT2D eigenvalue weighted by Gasteiger charge is -2.03. The number of rotatable bonds is 4. The number of ether oxygens (including phenoxy) is 2. The minimum atomic E-state index is -0.446. The molecule has 1 radical (unpaired) electrons. The van der Waals surface area contributed by atoms with Crippen molar-refractivity contribution < 1.29 is 19.1 Å². The van der Waals surface area contributed by atoms with Crippen molar-refractivity contribution >= 4 is 11.9 Å². The summed E-state index contributed by atoms with van der Waals surface area (Å²) in [6, 6.07) is 7.11. The van der Waals surface area contributed by atoms with E-state index < -0.39 is 11.9 Å². The highest BCUT2D eigenvalue weighted by Gasteiger charge is 2.09. The summed E-state index contributed by atoms with van der Waals surface area (Å²) in [4.78, 5) is 22.6. The number of carbonyl (C=O) groups excluding carboxylic acids is 2. The van der Waals surface area contributed by atoms with E-state index in [0.29, 0.717) is 24.3 Å². The molecule has 0 aliphatic heterocycles. The van der Waals surface area contributed by atoms with Gasteiger partial charge in [-0.2, -0.15) is 0 Å². The Labute approximate surface area is 94.2 Å². The average molecular weight is 221 g/mol. The largest absolute Gasteiger partial charge is 0.462 e. The summed E-state index contributed by atoms with van der Waals surface area (Å²) in [6.07, 6.45) is 0. The van der Waals surface area contributed by atoms with Crippen molar-refractivity contribution in [2.75, 3.05) is 13.2 Å². The first-order valence-corrected chi connectivity index (χ1v) is 5.05. The number of hydrogen-bond donors (Lipinski definition) is 0. The Kier molecular flexibility index (Phi) is 4.51. The quantitative estimate of drug-likeness (QED) is 0.728. The molecule has 4 nitrogen and oxygen atoms in total. The van der Waals surface area contributed by atoms with Crippen molar-refractivity contribution in [1.82, 2.24) is 0 Å². The molecule has 0 N–H and O–H groups in total. The van der Waals surface area contributed by atoms with Crippen LogP contribution < -0.4 is 0 Å². The Bertz CT molecular complexity index is 330. The summed E-state index contributed by atoms with van der Waals surface area (Å²) in [6.45, 7) is 4.09. The second-order valence-electron chi connectivity index (χ2n) is 2.93. The fourth-order valence-corrected chi connectivity index (χ4v) is 1.10. The monoisotopic (exact) mass is 221 g/mol. The molecule has 0 spiro atoms. The summed E-state index contributed by atoms with van der Waals surface area (Å²) in [5.74, 6) is -0.868. The van der Waals surface area contributed by atoms with Crippen molar-refractivity contribution in [1.29, 1.82) is 0 Å². The molecule has 1 rings (SSSR count). The van der Waals surface area contributed by atoms with Crippen molar-refractivity contribution in [3.8, 4) is 0 Å². The standard InChI is InChI=1S/C12H13O4/c1-3-15-11(13)9-5-7-10(8-6-9)12(14)16-4-2/h5-7H,3-4H2,1-2H3. The summed E-state index contributed by atoms with van der Waals surface area (Å²) in [5.41, 5.74) is 0.671. The molecule has 16 heavy (non-hydrogen) atoms. The summed E-state index contributed by atoms with van der Waals surface area (Å²) in [7, 11) is 0. The van der Waals surface area contributed by atoms with Crippen LogP contribution in [0.25, 0.3) is 0 Å². The van der Waals surface area contributed by atoms with E-state index in [2.05, 4.69) is 6.07 Å². The number of hydrogen-bond acceptors (Lipinski definition) is 4. The highest BCUT2D eigenvalue weighted by molar-refractivity contribution is 5.93. The average Bonchev–Trinajstić information content (AvgIpc) is 2.30. The highest BCUT2D eigenvalue weighted by atomic mass is 16.5. The molecule has 1 aromatic rings. The van der Waals surface area contributed by atoms with E-state index in [1.807, 2.05) is 0 Å². The lowest BCUT2D eigenvalue weighted by Crippen LogP contribution is -2.07. The lowest BCUT2D eigenvalue weighted by atomic mass is 10.1. The van der Waals surface area contributed by atoms with Gasteiger partial charge in [-0.1, -0.05) is 0 Å². The van der Waals surface area contributed by atoms with Crippen LogP contribution >= 0.6 is 0 Å². The van der Waals surface area contributed by atoms with Crippen LogP contribution in [0.1, 0.15) is 34.6 Å². The smallest absolute Gasteiger partial charge is 0.338 e. The van der Waals surface area contributed by atoms with Crippen molar-refractivity contribution in [2.24, 2.45) is 0 Å². The van der Waals surface area contributed by atoms with Crippen LogP contribution in [0, 0.1) is 6.07 Å². The van der Waals surface area contributed by atoms with Gasteiger partial charge in [-0.15, -0.1) is 0 Å². The number of carbonyl (C=O) groups is 2. The Balaban J connectivity index is 2.75. The Hall–Kier alpha value is -1.84. The zero-order valence-corrected chi connectivity index (χ0v) is 9.28. The molecule has 0 bridgehead atoms. The van der Waals surface area contributed by atoms with Crippen molar-refractivity contribution in [3.05, 3.63) is 35.4 Å². The maximum atomic E-state index is 11.3. The van der Waals surface area contributed by atoms with Crippen LogP contribution in [0.4, 0.5) is 0 Å². The molecule has 0 unspecified atom stereocenters. The van der Waals surface area contributed by atoms with E-state index in [1.165, 1.54) is 18.2 Å². The third kappa shape index (κ3) is 3.08. The number of esters is 2. The van der Waals surface area contributed by atoms with Gasteiger partial charge in [0.2, 0.25) is 0 Å². The van der Waals surface area contributed by atoms with Gasteiger partial charge in [0.15, 0.2) is 0 Å². The van der Waals surface area contributed by atoms with E-state index in [4.69, 9.17) is 9.47 Å². The Morgan fingerprint density at radius 3 is 2.25 bits per heavy atom. The van der Waals surface area contributed by atoms with E-state index >= 15 is 0 Å². The molecule has 4 heteroatoms. The Morgan fingerprint density at radius 1 is 1.12 bits per heavy atom. The van der Waals surface area contributed by atoms with Crippen LogP contribution in [-0.4, -0.2) is 25.2 Å². The molecular formula is C12H13O4. The molecule has 0 atom stereocenters. The summed E-state index contributed by atoms with van der Waals surface area (Å²) in [5, 5.41) is 0. The van der Waals surface area contributed by atoms with Crippen LogP contribution in [0.2, 0.25) is 0 Å². The van der Waals surface area contributed by atoms with Crippen molar-refractivity contribution in [3.63, 3.8) is 0 Å². The van der Waals surface area contributed by atoms with Crippen molar-refractivity contribution in [2.45, 2.75) is 13.8 Å². The third-order valence-corrected chi connectivity index (χ3v) is 1.82. The van der Waals surface area contributed by atoms with Gasteiger partial charge in [0.1, 0.15) is 0 Å². The normalized spacial score (nSPS) is 9.62. The van der Waals surface area contributed by atoms with Crippen LogP contribution in [0.5, 0.6) is 0 Å². The first kappa shape index (κ1) is 12.2. The van der Waals surface area contributed by atoms with Gasteiger partial charge in [-0.05, 0) is 38.1 Å². The first-order chi connectivity index (χ1) is 7.69. The molecule has 0 fully saturated rings. The summed E-state index contributed by atoms with van der Waals surface area (Å²) < 4.78 is 9.59. The SMILES string of the molecule is CCOC(=O)c1[c]cc(C(=O)OCC)cc1. The van der Waals surface area contributed by atoms with Gasteiger partial charge in [0, 0.05) is 0 Å². The zero-order valence-electron chi connectivity index (χ0n) is 9.28. The highest BCUT2D eigenvalue weighted by Crippen LogP contribution is 2.06. The minimum absolute atomic E-state index is 0.301. The molecule has 0 aliphatic carbocycles. The van der Waals surface area contributed by atoms with Gasteiger partial charge in [-0.25, -0.2) is 9.59 Å². The van der Waals surface area contributed by atoms with E-state index in [0.717, 1.165) is 0 Å². The molecule has 0 amide bonds. The lowest BCUT2D eigenvalue weighted by molar-refractivity contribution is 0.0511. The third-order valence-electron chi connectivity index (χ3n) is 1.82. The van der Waals surface area contributed by atoms with E-state index in [-0.39, 0.29) is 0 Å². The van der Waals surface area contributed by atoms with E-state index in [1.54, 1.807) is 13.8 Å². The molecule has 0 aromatic heterocycles. The molecule has 0 saturated carbocycles. The predicted octanol–water partition coefficient (Wildman–Crippen LogP) is 1.84. The molecule has 0 aliphatic rings. The second kappa shape index (κ2) is 5.90. The van der Waals surface area contributed by atoms with Gasteiger partial charge in [-0.3, -0.25) is 0 Å². The molecule has 0 heterocycles. The minimum Gasteiger partial charge on any atom is -0.462 e. The summed E-state index contributed by atoms with van der Waals surface area (Å²) >= 11 is 0. The molecule has 1 aromatic carbocycles. The maximum absolute atomic E-state index is 11.3. The first-order valence-electron chi connectivity index (χ1n) is 5.05. The fourth-order valence-electron chi connectivity index (χ4n) is 1.10. The van der Waals surface area contributed by atoms with Crippen LogP contribution in [-0.2, 0) is 9.47 Å². The van der Waals surface area contributed by atoms with Gasteiger partial charge in [0.05, 0.1) is 24.3 Å². The van der Waals surface area contributed by atoms with Gasteiger partial charge >= 0.3 is 11.9 Å². The second-order valence-corrected chi connectivity index (χ2v) is 2.93. The van der Waals surface area contributed by atoms with Gasteiger partial charge < -0.3 is 9.47 Å².